The molecule has 0 aliphatic carbocycles. The first-order chi connectivity index (χ1) is 12.8. The molecule has 0 fully saturated rings. The Balaban J connectivity index is 0.00000392. The molecule has 0 bridgehead atoms. The molecule has 0 aliphatic heterocycles. The Morgan fingerprint density at radius 3 is 1.79 bits per heavy atom. The van der Waals surface area contributed by atoms with Gasteiger partial charge in [0.25, 0.3) is 0 Å². The zero-order valence-corrected chi connectivity index (χ0v) is 19.2. The maximum atomic E-state index is 11.0. The van der Waals surface area contributed by atoms with Crippen molar-refractivity contribution in [1.82, 2.24) is 0 Å². The first kappa shape index (κ1) is 24.4. The van der Waals surface area contributed by atoms with Gasteiger partial charge in [-0.15, -0.1) is 0 Å². The summed E-state index contributed by atoms with van der Waals surface area (Å²) in [6, 6.07) is 8.18. The largest absolute Gasteiger partial charge is 1.00 e. The fourth-order valence-corrected chi connectivity index (χ4v) is 2.77. The molecule has 0 amide bonds. The third-order valence-electron chi connectivity index (χ3n) is 3.56. The van der Waals surface area contributed by atoms with E-state index in [1.165, 1.54) is 40.6 Å². The maximum absolute atomic E-state index is 11.0. The fourth-order valence-electron chi connectivity index (χ4n) is 2.38. The Bertz CT molecular complexity index is 853. The van der Waals surface area contributed by atoms with Crippen molar-refractivity contribution in [3.05, 3.63) is 41.5 Å². The predicted octanol–water partition coefficient (Wildman–Crippen LogP) is -0.265. The van der Waals surface area contributed by atoms with Crippen LogP contribution in [0.2, 0.25) is 0 Å². The Morgan fingerprint density at radius 1 is 0.821 bits per heavy atom. The molecule has 0 saturated heterocycles. The van der Waals surface area contributed by atoms with Crippen LogP contribution >= 0.6 is 7.82 Å². The molecule has 0 aliphatic rings. The number of phosphoric ester groups is 1. The van der Waals surface area contributed by atoms with E-state index in [4.69, 9.17) is 23.8 Å². The molecular formula is C18H20NaO8P. The molecule has 1 unspecified atom stereocenters. The molecule has 0 radical (unpaired) electrons. The van der Waals surface area contributed by atoms with Crippen LogP contribution in [0.1, 0.15) is 11.1 Å². The second kappa shape index (κ2) is 10.8. The van der Waals surface area contributed by atoms with Gasteiger partial charge in [-0.05, 0) is 35.4 Å². The van der Waals surface area contributed by atoms with Gasteiger partial charge in [-0.25, -0.2) is 0 Å². The van der Waals surface area contributed by atoms with Gasteiger partial charge in [-0.3, -0.25) is 4.57 Å². The number of rotatable bonds is 8. The normalized spacial score (nSPS) is 12.6. The van der Waals surface area contributed by atoms with Gasteiger partial charge in [0, 0.05) is 0 Å². The molecule has 0 spiro atoms. The van der Waals surface area contributed by atoms with Crippen molar-refractivity contribution in [1.29, 1.82) is 0 Å². The monoisotopic (exact) mass is 418 g/mol. The smallest absolute Gasteiger partial charge is 0.746 e. The number of methoxy groups -OCH3 is 4. The Kier molecular flexibility index (Phi) is 9.36. The van der Waals surface area contributed by atoms with Crippen molar-refractivity contribution < 1.29 is 67.4 Å². The van der Waals surface area contributed by atoms with Crippen molar-refractivity contribution in [3.8, 4) is 28.7 Å². The molecule has 1 N–H and O–H groups in total. The minimum atomic E-state index is -4.96. The molecule has 2 aromatic rings. The number of ether oxygens (including phenoxy) is 4. The van der Waals surface area contributed by atoms with Crippen LogP contribution in [0, 0.1) is 0 Å². The Morgan fingerprint density at radius 2 is 1.32 bits per heavy atom. The topological polar surface area (TPSA) is 107 Å². The summed E-state index contributed by atoms with van der Waals surface area (Å²) in [5.41, 5.74) is 1.38. The van der Waals surface area contributed by atoms with Gasteiger partial charge >= 0.3 is 37.4 Å². The molecule has 10 heteroatoms. The van der Waals surface area contributed by atoms with Crippen molar-refractivity contribution in [2.45, 2.75) is 0 Å². The molecule has 0 aromatic heterocycles. The summed E-state index contributed by atoms with van der Waals surface area (Å²) in [7, 11) is 0.968. The van der Waals surface area contributed by atoms with E-state index in [2.05, 4.69) is 4.52 Å². The second-order valence-corrected chi connectivity index (χ2v) is 6.38. The van der Waals surface area contributed by atoms with Gasteiger partial charge in [0.2, 0.25) is 5.75 Å². The van der Waals surface area contributed by atoms with Gasteiger partial charge in [-0.2, -0.15) is 0 Å². The zero-order chi connectivity index (χ0) is 20.0. The van der Waals surface area contributed by atoms with Crippen LogP contribution in [-0.4, -0.2) is 33.3 Å². The third kappa shape index (κ3) is 6.44. The summed E-state index contributed by atoms with van der Waals surface area (Å²) in [5, 5.41) is 0. The predicted molar refractivity (Wildman–Crippen MR) is 98.5 cm³/mol. The molecule has 2 aromatic carbocycles. The van der Waals surface area contributed by atoms with Crippen LogP contribution in [0.25, 0.3) is 12.2 Å². The van der Waals surface area contributed by atoms with Gasteiger partial charge in [0.15, 0.2) is 23.0 Å². The van der Waals surface area contributed by atoms with E-state index in [1.807, 2.05) is 0 Å². The van der Waals surface area contributed by atoms with E-state index in [-0.39, 0.29) is 41.1 Å². The van der Waals surface area contributed by atoms with Crippen LogP contribution in [0.5, 0.6) is 28.7 Å². The van der Waals surface area contributed by atoms with E-state index >= 15 is 0 Å². The van der Waals surface area contributed by atoms with E-state index in [9.17, 15) is 9.46 Å². The Labute approximate surface area is 185 Å². The summed E-state index contributed by atoms with van der Waals surface area (Å²) >= 11 is 0. The van der Waals surface area contributed by atoms with Crippen molar-refractivity contribution >= 4 is 20.0 Å². The van der Waals surface area contributed by atoms with Gasteiger partial charge in [0.1, 0.15) is 0 Å². The molecular weight excluding hydrogens is 398 g/mol. The fraction of sp³-hybridized carbons (Fsp3) is 0.222. The average Bonchev–Trinajstić information content (AvgIpc) is 2.64. The van der Waals surface area contributed by atoms with E-state index < -0.39 is 7.82 Å². The number of phosphoric acid groups is 1. The first-order valence-electron chi connectivity index (χ1n) is 7.70. The van der Waals surface area contributed by atoms with Crippen LogP contribution in [0.4, 0.5) is 0 Å². The molecule has 2 rings (SSSR count). The summed E-state index contributed by atoms with van der Waals surface area (Å²) in [6.07, 6.45) is 3.49. The standard InChI is InChI=1S/C18H21O8P.Na/c1-22-14-8-7-12(9-15(14)26-27(19,20)21)5-6-13-10-16(23-2)18(25-4)17(11-13)24-3;/h5-11H,1-4H3,(H2,19,20,21);/q;+1/p-1/b6-5+;. The second-order valence-electron chi connectivity index (χ2n) is 5.26. The van der Waals surface area contributed by atoms with Crippen LogP contribution < -0.4 is 57.9 Å². The van der Waals surface area contributed by atoms with E-state index in [0.717, 1.165) is 5.56 Å². The van der Waals surface area contributed by atoms with E-state index in [0.29, 0.717) is 22.8 Å². The van der Waals surface area contributed by atoms with Gasteiger partial charge in [-0.1, -0.05) is 18.2 Å². The summed E-state index contributed by atoms with van der Waals surface area (Å²) in [5.74, 6) is 1.53. The average molecular weight is 418 g/mol. The van der Waals surface area contributed by atoms with Crippen molar-refractivity contribution in [3.63, 3.8) is 0 Å². The van der Waals surface area contributed by atoms with Crippen LogP contribution in [-0.2, 0) is 4.57 Å². The van der Waals surface area contributed by atoms with Crippen LogP contribution in [0.15, 0.2) is 30.3 Å². The minimum Gasteiger partial charge on any atom is -0.746 e. The van der Waals surface area contributed by atoms with Crippen LogP contribution in [0.3, 0.4) is 0 Å². The summed E-state index contributed by atoms with van der Waals surface area (Å²) in [4.78, 5) is 19.9. The zero-order valence-electron chi connectivity index (χ0n) is 16.3. The van der Waals surface area contributed by atoms with Crippen molar-refractivity contribution in [2.75, 3.05) is 28.4 Å². The minimum absolute atomic E-state index is 0. The van der Waals surface area contributed by atoms with E-state index in [1.54, 1.807) is 30.4 Å². The quantitative estimate of drug-likeness (QED) is 0.355. The SMILES string of the molecule is COc1ccc(/C=C/c2cc(OC)c(OC)c(OC)c2)cc1OP(=O)([O-])O.[Na+]. The Hall–Kier alpha value is -1.67. The molecule has 28 heavy (non-hydrogen) atoms. The summed E-state index contributed by atoms with van der Waals surface area (Å²) in [6.45, 7) is 0. The third-order valence-corrected chi connectivity index (χ3v) is 3.98. The number of benzene rings is 2. The number of hydrogen-bond donors (Lipinski definition) is 1. The van der Waals surface area contributed by atoms with Gasteiger partial charge in [0.05, 0.1) is 28.4 Å². The first-order valence-corrected chi connectivity index (χ1v) is 9.20. The maximum Gasteiger partial charge on any atom is 1.00 e. The number of hydrogen-bond acceptors (Lipinski definition) is 7. The summed E-state index contributed by atoms with van der Waals surface area (Å²) < 4.78 is 36.5. The van der Waals surface area contributed by atoms with Gasteiger partial charge < -0.3 is 33.3 Å². The molecule has 0 heterocycles. The molecule has 146 valence electrons. The van der Waals surface area contributed by atoms with Crippen molar-refractivity contribution in [2.24, 2.45) is 0 Å². The molecule has 8 nitrogen and oxygen atoms in total. The molecule has 0 saturated carbocycles. The molecule has 1 atom stereocenters.